The van der Waals surface area contributed by atoms with Crippen LogP contribution >= 0.6 is 0 Å². The van der Waals surface area contributed by atoms with Crippen LogP contribution in [0.3, 0.4) is 0 Å². The lowest BCUT2D eigenvalue weighted by Gasteiger charge is -2.25. The molecule has 0 unspecified atom stereocenters. The van der Waals surface area contributed by atoms with Gasteiger partial charge in [-0.1, -0.05) is 13.0 Å². The smallest absolute Gasteiger partial charge is 0.408 e. The van der Waals surface area contributed by atoms with E-state index in [0.717, 1.165) is 22.8 Å². The predicted molar refractivity (Wildman–Crippen MR) is 115 cm³/mol. The van der Waals surface area contributed by atoms with Crippen molar-refractivity contribution in [3.8, 4) is 5.69 Å². The molecule has 10 heteroatoms. The molecule has 2 aromatic carbocycles. The Labute approximate surface area is 187 Å². The summed E-state index contributed by atoms with van der Waals surface area (Å²) < 4.78 is 61.4. The van der Waals surface area contributed by atoms with Crippen LogP contribution in [0.2, 0.25) is 0 Å². The number of halogens is 4. The molecule has 0 saturated heterocycles. The summed E-state index contributed by atoms with van der Waals surface area (Å²) in [7, 11) is 0. The molecule has 0 spiro atoms. The maximum absolute atomic E-state index is 14.5. The van der Waals surface area contributed by atoms with Crippen molar-refractivity contribution in [2.75, 3.05) is 0 Å². The molecular formula is C23H23F4N3O3. The van der Waals surface area contributed by atoms with E-state index in [2.05, 4.69) is 10.3 Å². The third-order valence-electron chi connectivity index (χ3n) is 4.70. The van der Waals surface area contributed by atoms with Gasteiger partial charge in [-0.25, -0.2) is 27.3 Å². The zero-order valence-corrected chi connectivity index (χ0v) is 18.5. The van der Waals surface area contributed by atoms with Gasteiger partial charge in [0, 0.05) is 5.56 Å². The van der Waals surface area contributed by atoms with Crippen LogP contribution in [0.5, 0.6) is 0 Å². The molecule has 0 aliphatic heterocycles. The molecule has 33 heavy (non-hydrogen) atoms. The van der Waals surface area contributed by atoms with Gasteiger partial charge in [0.25, 0.3) is 12.0 Å². The van der Waals surface area contributed by atoms with Gasteiger partial charge in [-0.05, 0) is 57.5 Å². The fourth-order valence-corrected chi connectivity index (χ4v) is 3.34. The number of carbonyl (C=O) groups is 1. The number of benzene rings is 2. The van der Waals surface area contributed by atoms with Crippen molar-refractivity contribution in [2.45, 2.75) is 52.2 Å². The van der Waals surface area contributed by atoms with E-state index in [0.29, 0.717) is 6.07 Å². The Morgan fingerprint density at radius 1 is 1.18 bits per heavy atom. The molecule has 1 N–H and O–H groups in total. The van der Waals surface area contributed by atoms with E-state index < -0.39 is 52.3 Å². The van der Waals surface area contributed by atoms with E-state index >= 15 is 0 Å². The van der Waals surface area contributed by atoms with Gasteiger partial charge in [-0.3, -0.25) is 9.36 Å². The molecule has 3 aromatic rings. The van der Waals surface area contributed by atoms with E-state index in [1.165, 1.54) is 12.1 Å². The molecule has 1 aromatic heterocycles. The highest BCUT2D eigenvalue weighted by Crippen LogP contribution is 2.26. The number of hydrogen-bond donors (Lipinski definition) is 1. The Morgan fingerprint density at radius 2 is 1.88 bits per heavy atom. The Bertz CT molecular complexity index is 1250. The summed E-state index contributed by atoms with van der Waals surface area (Å²) in [5, 5.41) is 2.20. The monoisotopic (exact) mass is 465 g/mol. The number of ether oxygens (including phenoxy) is 1. The van der Waals surface area contributed by atoms with Gasteiger partial charge < -0.3 is 10.1 Å². The molecule has 0 aliphatic carbocycles. The molecule has 3 rings (SSSR count). The van der Waals surface area contributed by atoms with Crippen molar-refractivity contribution < 1.29 is 27.1 Å². The summed E-state index contributed by atoms with van der Waals surface area (Å²) in [6, 6.07) is 5.32. The Balaban J connectivity index is 2.28. The highest BCUT2D eigenvalue weighted by atomic mass is 19.3. The first kappa shape index (κ1) is 24.2. The van der Waals surface area contributed by atoms with E-state index in [4.69, 9.17) is 4.74 Å². The van der Waals surface area contributed by atoms with Crippen LogP contribution in [0.1, 0.15) is 58.0 Å². The number of alkyl carbamates (subject to hydrolysis) is 1. The average Bonchev–Trinajstić information content (AvgIpc) is 2.69. The second-order valence-electron chi connectivity index (χ2n) is 8.40. The lowest BCUT2D eigenvalue weighted by atomic mass is 10.1. The number of aromatic nitrogens is 2. The first-order chi connectivity index (χ1) is 15.4. The zero-order chi connectivity index (χ0) is 24.5. The number of hydrogen-bond acceptors (Lipinski definition) is 4. The highest BCUT2D eigenvalue weighted by molar-refractivity contribution is 5.79. The van der Waals surface area contributed by atoms with E-state index in [1.807, 2.05) is 0 Å². The number of carbonyl (C=O) groups excluding carboxylic acids is 1. The second kappa shape index (κ2) is 9.21. The molecule has 0 aliphatic rings. The Morgan fingerprint density at radius 3 is 2.48 bits per heavy atom. The third-order valence-corrected chi connectivity index (χ3v) is 4.70. The molecule has 6 nitrogen and oxygen atoms in total. The fraction of sp³-hybridized carbons (Fsp3) is 0.348. The van der Waals surface area contributed by atoms with Crippen LogP contribution in [-0.4, -0.2) is 21.2 Å². The highest BCUT2D eigenvalue weighted by Gasteiger charge is 2.26. The summed E-state index contributed by atoms with van der Waals surface area (Å²) in [5.74, 6) is -1.97. The molecule has 0 saturated carbocycles. The van der Waals surface area contributed by atoms with Gasteiger partial charge in [0.1, 0.15) is 28.4 Å². The van der Waals surface area contributed by atoms with Crippen molar-refractivity contribution in [2.24, 2.45) is 0 Å². The van der Waals surface area contributed by atoms with Gasteiger partial charge in [-0.15, -0.1) is 0 Å². The molecule has 1 amide bonds. The Hall–Kier alpha value is -3.43. The van der Waals surface area contributed by atoms with Gasteiger partial charge in [0.05, 0.1) is 17.2 Å². The minimum atomic E-state index is -3.01. The number of alkyl halides is 2. The minimum absolute atomic E-state index is 0.00109. The topological polar surface area (TPSA) is 73.2 Å². The van der Waals surface area contributed by atoms with Crippen molar-refractivity contribution in [1.29, 1.82) is 0 Å². The molecule has 1 atom stereocenters. The van der Waals surface area contributed by atoms with Crippen LogP contribution in [0.25, 0.3) is 16.6 Å². The van der Waals surface area contributed by atoms with Crippen LogP contribution in [0.4, 0.5) is 22.4 Å². The minimum Gasteiger partial charge on any atom is -0.444 e. The van der Waals surface area contributed by atoms with Gasteiger partial charge in [0.2, 0.25) is 0 Å². The number of nitrogens with one attached hydrogen (secondary N) is 1. The standard InChI is InChI=1S/C23H23F4N3O3/c1-5-16(29-22(32)33-23(2,3)4)20-28-17-8-6-7-15(25)18(17)21(31)30(20)14-10-12(19(26)27)9-13(24)11-14/h6-11,16,19H,5H2,1-4H3,(H,29,32)/t16-/m0/s1. The molecule has 0 radical (unpaired) electrons. The zero-order valence-electron chi connectivity index (χ0n) is 18.5. The van der Waals surface area contributed by atoms with Crippen molar-refractivity contribution in [3.05, 3.63) is 69.8 Å². The van der Waals surface area contributed by atoms with Gasteiger partial charge in [0.15, 0.2) is 0 Å². The number of amides is 1. The SMILES string of the molecule is CC[C@H](NC(=O)OC(C)(C)C)c1nc2cccc(F)c2c(=O)n1-c1cc(F)cc(C(F)F)c1. The molecule has 0 bridgehead atoms. The van der Waals surface area contributed by atoms with E-state index in [-0.39, 0.29) is 23.4 Å². The predicted octanol–water partition coefficient (Wildman–Crippen LogP) is 5.58. The molecule has 1 heterocycles. The summed E-state index contributed by atoms with van der Waals surface area (Å²) in [6.07, 6.45) is -3.60. The number of rotatable bonds is 5. The maximum Gasteiger partial charge on any atom is 0.408 e. The third kappa shape index (κ3) is 5.32. The van der Waals surface area contributed by atoms with Crippen molar-refractivity contribution in [3.63, 3.8) is 0 Å². The summed E-state index contributed by atoms with van der Waals surface area (Å²) in [4.78, 5) is 30.0. The Kier molecular flexibility index (Phi) is 6.76. The number of nitrogens with zero attached hydrogens (tertiary/aromatic N) is 2. The van der Waals surface area contributed by atoms with E-state index in [9.17, 15) is 27.2 Å². The van der Waals surface area contributed by atoms with Crippen LogP contribution < -0.4 is 10.9 Å². The van der Waals surface area contributed by atoms with E-state index in [1.54, 1.807) is 27.7 Å². The lowest BCUT2D eigenvalue weighted by Crippen LogP contribution is -2.38. The maximum atomic E-state index is 14.5. The quantitative estimate of drug-likeness (QED) is 0.500. The van der Waals surface area contributed by atoms with Crippen molar-refractivity contribution in [1.82, 2.24) is 14.9 Å². The molecule has 176 valence electrons. The molecule has 0 fully saturated rings. The normalized spacial score (nSPS) is 12.8. The van der Waals surface area contributed by atoms with Gasteiger partial charge >= 0.3 is 6.09 Å². The first-order valence-corrected chi connectivity index (χ1v) is 10.2. The van der Waals surface area contributed by atoms with Gasteiger partial charge in [-0.2, -0.15) is 0 Å². The first-order valence-electron chi connectivity index (χ1n) is 10.2. The van der Waals surface area contributed by atoms with Crippen LogP contribution in [-0.2, 0) is 4.74 Å². The molecular weight excluding hydrogens is 442 g/mol. The largest absolute Gasteiger partial charge is 0.444 e. The summed E-state index contributed by atoms with van der Waals surface area (Å²) in [6.45, 7) is 6.68. The number of fused-ring (bicyclic) bond motifs is 1. The fourth-order valence-electron chi connectivity index (χ4n) is 3.34. The van der Waals surface area contributed by atoms with Crippen LogP contribution in [0, 0.1) is 11.6 Å². The lowest BCUT2D eigenvalue weighted by molar-refractivity contribution is 0.0499. The summed E-state index contributed by atoms with van der Waals surface area (Å²) >= 11 is 0. The summed E-state index contributed by atoms with van der Waals surface area (Å²) in [5.41, 5.74) is -2.67. The van der Waals surface area contributed by atoms with Crippen molar-refractivity contribution >= 4 is 17.0 Å². The second-order valence-corrected chi connectivity index (χ2v) is 8.40. The van der Waals surface area contributed by atoms with Crippen LogP contribution in [0.15, 0.2) is 41.2 Å². The average molecular weight is 465 g/mol.